The van der Waals surface area contributed by atoms with Crippen molar-refractivity contribution in [1.29, 1.82) is 0 Å². The summed E-state index contributed by atoms with van der Waals surface area (Å²) in [6, 6.07) is 0. The summed E-state index contributed by atoms with van der Waals surface area (Å²) in [6.45, 7) is 12.4. The van der Waals surface area contributed by atoms with Crippen LogP contribution in [0.15, 0.2) is 0 Å². The average Bonchev–Trinajstić information content (AvgIpc) is 3.12. The molecule has 0 aromatic carbocycles. The number of hydrogen-bond acceptors (Lipinski definition) is 5. The van der Waals surface area contributed by atoms with Crippen molar-refractivity contribution in [1.82, 2.24) is 4.90 Å². The number of nitrogens with zero attached hydrogens (tertiary/aromatic N) is 1. The van der Waals surface area contributed by atoms with Crippen LogP contribution in [0.2, 0.25) is 0 Å². The maximum atomic E-state index is 12.4. The number of rotatable bonds is 42. The number of esters is 1. The molecule has 0 saturated carbocycles. The molecule has 0 radical (unpaired) electrons. The number of carbonyl (C=O) groups is 1. The number of aliphatic hydroxyl groups excluding tert-OH is 2. The van der Waals surface area contributed by atoms with Crippen LogP contribution in [0.1, 0.15) is 240 Å². The number of hydrogen-bond donors (Lipinski definition) is 2. The van der Waals surface area contributed by atoms with Crippen molar-refractivity contribution in [3.63, 3.8) is 0 Å². The lowest BCUT2D eigenvalue weighted by Crippen LogP contribution is -2.34. The molecule has 2 N–H and O–H groups in total. The topological polar surface area (TPSA) is 70.0 Å². The van der Waals surface area contributed by atoms with Crippen molar-refractivity contribution in [2.75, 3.05) is 32.8 Å². The van der Waals surface area contributed by atoms with Crippen LogP contribution < -0.4 is 0 Å². The van der Waals surface area contributed by atoms with E-state index in [1.54, 1.807) is 0 Å². The fraction of sp³-hybridized carbons (Fsp3) is 0.978. The van der Waals surface area contributed by atoms with Gasteiger partial charge in [-0.25, -0.2) is 0 Å². The zero-order valence-electron chi connectivity index (χ0n) is 35.3. The van der Waals surface area contributed by atoms with Gasteiger partial charge in [0.25, 0.3) is 0 Å². The molecule has 306 valence electrons. The molecule has 0 aromatic heterocycles. The number of carbonyl (C=O) groups excluding carboxylic acids is 1. The van der Waals surface area contributed by atoms with Crippen LogP contribution >= 0.6 is 0 Å². The molecule has 0 aromatic rings. The van der Waals surface area contributed by atoms with Crippen molar-refractivity contribution in [3.8, 4) is 0 Å². The zero-order valence-corrected chi connectivity index (χ0v) is 35.3. The highest BCUT2D eigenvalue weighted by Gasteiger charge is 2.14. The molecule has 0 spiro atoms. The molecule has 51 heavy (non-hydrogen) atoms. The molecule has 5 nitrogen and oxygen atoms in total. The number of aliphatic hydroxyl groups is 2. The highest BCUT2D eigenvalue weighted by atomic mass is 16.5. The van der Waals surface area contributed by atoms with Gasteiger partial charge < -0.3 is 19.8 Å². The predicted octanol–water partition coefficient (Wildman–Crippen LogP) is 13.4. The molecular formula is C46H93NO4. The standard InChI is InChI=1S/C46H93NO4/c1-5-9-13-15-23-32-43(30-21-11-7-3)33-25-17-18-26-35-45(49)42-47(39-29-40-48)38-28-20-19-27-36-46(50)51-41-37-44(31-22-12-8-4)34-24-16-14-10-6-2/h43-45,48-49H,5-42H2,1-4H3. The molecule has 0 heterocycles. The van der Waals surface area contributed by atoms with E-state index in [0.717, 1.165) is 70.4 Å². The Hall–Kier alpha value is -0.650. The Morgan fingerprint density at radius 1 is 0.490 bits per heavy atom. The molecule has 3 unspecified atom stereocenters. The molecule has 0 rings (SSSR count). The molecule has 0 amide bonds. The summed E-state index contributed by atoms with van der Waals surface area (Å²) in [6.07, 6.45) is 40.5. The van der Waals surface area contributed by atoms with Crippen LogP contribution in [0.5, 0.6) is 0 Å². The molecule has 0 aliphatic carbocycles. The van der Waals surface area contributed by atoms with Gasteiger partial charge in [0.1, 0.15) is 0 Å². The SMILES string of the molecule is CCCCCCCC(CCCCC)CCCCCCC(O)CN(CCCO)CCCCCCC(=O)OCCC(CCCCC)CCCCCCC. The Balaban J connectivity index is 4.18. The van der Waals surface area contributed by atoms with Crippen LogP contribution in [-0.4, -0.2) is 60.0 Å². The fourth-order valence-electron chi connectivity index (χ4n) is 7.82. The Labute approximate surface area is 320 Å². The Morgan fingerprint density at radius 3 is 1.39 bits per heavy atom. The largest absolute Gasteiger partial charge is 0.466 e. The van der Waals surface area contributed by atoms with Gasteiger partial charge in [-0.1, -0.05) is 201 Å². The minimum Gasteiger partial charge on any atom is -0.466 e. The van der Waals surface area contributed by atoms with E-state index in [4.69, 9.17) is 4.74 Å². The summed E-state index contributed by atoms with van der Waals surface area (Å²) in [7, 11) is 0. The Kier molecular flexibility index (Phi) is 40.0. The second-order valence-corrected chi connectivity index (χ2v) is 16.3. The number of ether oxygens (including phenoxy) is 1. The van der Waals surface area contributed by atoms with Gasteiger partial charge in [-0.05, 0) is 50.5 Å². The lowest BCUT2D eigenvalue weighted by Gasteiger charge is -2.25. The minimum atomic E-state index is -0.282. The van der Waals surface area contributed by atoms with Gasteiger partial charge in [-0.15, -0.1) is 0 Å². The van der Waals surface area contributed by atoms with E-state index in [0.29, 0.717) is 25.5 Å². The van der Waals surface area contributed by atoms with Gasteiger partial charge >= 0.3 is 5.97 Å². The molecule has 0 aliphatic heterocycles. The van der Waals surface area contributed by atoms with Crippen molar-refractivity contribution >= 4 is 5.97 Å². The van der Waals surface area contributed by atoms with E-state index in [1.807, 2.05) is 0 Å². The molecule has 0 fully saturated rings. The quantitative estimate of drug-likeness (QED) is 0.0485. The first-order valence-corrected chi connectivity index (χ1v) is 23.2. The highest BCUT2D eigenvalue weighted by Crippen LogP contribution is 2.25. The normalized spacial score (nSPS) is 13.5. The summed E-state index contributed by atoms with van der Waals surface area (Å²) in [5.41, 5.74) is 0. The van der Waals surface area contributed by atoms with Gasteiger partial charge in [0, 0.05) is 26.1 Å². The first kappa shape index (κ1) is 50.4. The van der Waals surface area contributed by atoms with E-state index < -0.39 is 0 Å². The zero-order chi connectivity index (χ0) is 37.5. The van der Waals surface area contributed by atoms with E-state index in [2.05, 4.69) is 32.6 Å². The van der Waals surface area contributed by atoms with Gasteiger partial charge in [0.05, 0.1) is 12.7 Å². The minimum absolute atomic E-state index is 0.0254. The van der Waals surface area contributed by atoms with E-state index in [9.17, 15) is 15.0 Å². The monoisotopic (exact) mass is 724 g/mol. The number of unbranched alkanes of at least 4 members (excludes halogenated alkanes) is 18. The first-order valence-electron chi connectivity index (χ1n) is 23.2. The van der Waals surface area contributed by atoms with Crippen molar-refractivity contribution in [3.05, 3.63) is 0 Å². The van der Waals surface area contributed by atoms with E-state index in [1.165, 1.54) is 154 Å². The average molecular weight is 724 g/mol. The maximum Gasteiger partial charge on any atom is 0.305 e. The van der Waals surface area contributed by atoms with E-state index >= 15 is 0 Å². The summed E-state index contributed by atoms with van der Waals surface area (Å²) in [5, 5.41) is 20.2. The third-order valence-corrected chi connectivity index (χ3v) is 11.3. The molecular weight excluding hydrogens is 631 g/mol. The third kappa shape index (κ3) is 36.1. The van der Waals surface area contributed by atoms with E-state index in [-0.39, 0.29) is 18.7 Å². The predicted molar refractivity (Wildman–Crippen MR) is 223 cm³/mol. The fourth-order valence-corrected chi connectivity index (χ4v) is 7.82. The summed E-state index contributed by atoms with van der Waals surface area (Å²) in [4.78, 5) is 14.7. The first-order chi connectivity index (χ1) is 25.0. The summed E-state index contributed by atoms with van der Waals surface area (Å²) < 4.78 is 5.66. The van der Waals surface area contributed by atoms with Gasteiger partial charge in [-0.2, -0.15) is 0 Å². The van der Waals surface area contributed by atoms with Crippen LogP contribution in [0.25, 0.3) is 0 Å². The van der Waals surface area contributed by atoms with Crippen LogP contribution in [0.3, 0.4) is 0 Å². The van der Waals surface area contributed by atoms with Crippen molar-refractivity contribution in [2.24, 2.45) is 11.8 Å². The smallest absolute Gasteiger partial charge is 0.305 e. The molecule has 0 aliphatic rings. The van der Waals surface area contributed by atoms with Crippen molar-refractivity contribution in [2.45, 2.75) is 246 Å². The van der Waals surface area contributed by atoms with Gasteiger partial charge in [0.2, 0.25) is 0 Å². The lowest BCUT2D eigenvalue weighted by atomic mass is 9.89. The van der Waals surface area contributed by atoms with Gasteiger partial charge in [0.15, 0.2) is 0 Å². The van der Waals surface area contributed by atoms with Gasteiger partial charge in [-0.3, -0.25) is 4.79 Å². The second-order valence-electron chi connectivity index (χ2n) is 16.3. The molecule has 3 atom stereocenters. The van der Waals surface area contributed by atoms with Crippen LogP contribution in [0.4, 0.5) is 0 Å². The molecule has 0 bridgehead atoms. The molecule has 5 heteroatoms. The lowest BCUT2D eigenvalue weighted by molar-refractivity contribution is -0.144. The Morgan fingerprint density at radius 2 is 0.882 bits per heavy atom. The summed E-state index contributed by atoms with van der Waals surface area (Å²) >= 11 is 0. The maximum absolute atomic E-state index is 12.4. The Bertz CT molecular complexity index is 688. The van der Waals surface area contributed by atoms with Crippen LogP contribution in [0, 0.1) is 11.8 Å². The van der Waals surface area contributed by atoms with Crippen molar-refractivity contribution < 1.29 is 19.7 Å². The van der Waals surface area contributed by atoms with Crippen LogP contribution in [-0.2, 0) is 9.53 Å². The third-order valence-electron chi connectivity index (χ3n) is 11.3. The second kappa shape index (κ2) is 40.5. The summed E-state index contributed by atoms with van der Waals surface area (Å²) in [5.74, 6) is 1.61. The molecule has 0 saturated heterocycles. The highest BCUT2D eigenvalue weighted by molar-refractivity contribution is 5.69.